The Morgan fingerprint density at radius 2 is 1.63 bits per heavy atom. The second kappa shape index (κ2) is 3.06. The molecule has 2 aromatic carbocycles. The van der Waals surface area contributed by atoms with Gasteiger partial charge in [-0.1, -0.05) is 48.6 Å². The summed E-state index contributed by atoms with van der Waals surface area (Å²) in [5, 5.41) is 5.28. The Morgan fingerprint density at radius 3 is 2.42 bits per heavy atom. The van der Waals surface area contributed by atoms with Gasteiger partial charge in [-0.05, 0) is 44.5 Å². The molecular formula is C18H12O. The minimum atomic E-state index is -0.0922. The average molecular weight is 244 g/mol. The van der Waals surface area contributed by atoms with Gasteiger partial charge in [-0.2, -0.15) is 0 Å². The summed E-state index contributed by atoms with van der Waals surface area (Å²) in [4.78, 5) is 0. The van der Waals surface area contributed by atoms with Crippen molar-refractivity contribution in [3.63, 3.8) is 0 Å². The predicted octanol–water partition coefficient (Wildman–Crippen LogP) is 2.22. The van der Waals surface area contributed by atoms with E-state index in [4.69, 9.17) is 4.74 Å². The van der Waals surface area contributed by atoms with Gasteiger partial charge in [0.25, 0.3) is 0 Å². The summed E-state index contributed by atoms with van der Waals surface area (Å²) in [6, 6.07) is 8.91. The van der Waals surface area contributed by atoms with Crippen molar-refractivity contribution in [2.24, 2.45) is 0 Å². The smallest absolute Gasteiger partial charge is 0.129 e. The Balaban J connectivity index is 1.94. The summed E-state index contributed by atoms with van der Waals surface area (Å²) in [6.07, 6.45) is 13.1. The quantitative estimate of drug-likeness (QED) is 0.647. The minimum absolute atomic E-state index is 0.0922. The summed E-state index contributed by atoms with van der Waals surface area (Å²) < 4.78 is 5.52. The fourth-order valence-corrected chi connectivity index (χ4v) is 3.18. The third-order valence-corrected chi connectivity index (χ3v) is 4.30. The molecular weight excluding hydrogens is 232 g/mol. The SMILES string of the molecule is C1=Cc2c(ccc3c4c(ccc23)=C[C@]2(C=C4)CO2)=C1. The monoisotopic (exact) mass is 244 g/mol. The molecule has 90 valence electrons. The molecule has 1 atom stereocenters. The molecule has 1 nitrogen and oxygen atoms in total. The first-order valence-electron chi connectivity index (χ1n) is 6.65. The number of hydrogen-bond donors (Lipinski definition) is 0. The Bertz CT molecular complexity index is 909. The van der Waals surface area contributed by atoms with Crippen LogP contribution in [0.2, 0.25) is 0 Å². The van der Waals surface area contributed by atoms with Crippen molar-refractivity contribution >= 4 is 35.1 Å². The average Bonchev–Trinajstić information content (AvgIpc) is 3.02. The maximum absolute atomic E-state index is 5.52. The first-order valence-corrected chi connectivity index (χ1v) is 6.65. The van der Waals surface area contributed by atoms with Crippen LogP contribution in [0.4, 0.5) is 0 Å². The van der Waals surface area contributed by atoms with Gasteiger partial charge in [0.05, 0.1) is 6.61 Å². The number of epoxide rings is 1. The molecule has 1 fully saturated rings. The third-order valence-electron chi connectivity index (χ3n) is 4.30. The van der Waals surface area contributed by atoms with E-state index < -0.39 is 0 Å². The van der Waals surface area contributed by atoms with Crippen molar-refractivity contribution in [2.45, 2.75) is 5.60 Å². The molecule has 3 aliphatic rings. The van der Waals surface area contributed by atoms with Gasteiger partial charge in [0.1, 0.15) is 5.60 Å². The highest BCUT2D eigenvalue weighted by Gasteiger charge is 2.40. The molecule has 0 radical (unpaired) electrons. The van der Waals surface area contributed by atoms with E-state index in [1.165, 1.54) is 32.3 Å². The molecule has 1 aliphatic heterocycles. The normalized spacial score (nSPS) is 25.1. The van der Waals surface area contributed by atoms with E-state index in [0.29, 0.717) is 0 Å². The largest absolute Gasteiger partial charge is 0.361 e. The van der Waals surface area contributed by atoms with Crippen molar-refractivity contribution in [3.05, 3.63) is 58.0 Å². The van der Waals surface area contributed by atoms with Gasteiger partial charge in [-0.15, -0.1) is 0 Å². The molecule has 2 aromatic rings. The number of fused-ring (bicyclic) bond motifs is 5. The van der Waals surface area contributed by atoms with Gasteiger partial charge in [0.2, 0.25) is 0 Å². The highest BCUT2D eigenvalue weighted by atomic mass is 16.6. The van der Waals surface area contributed by atoms with Crippen LogP contribution in [0, 0.1) is 0 Å². The fourth-order valence-electron chi connectivity index (χ4n) is 3.18. The standard InChI is InChI=1S/C18H12O/c1-2-12-4-6-17-15-8-9-18(11-19-18)10-13(15)5-7-16(17)14(12)3-1/h1-10H,11H2/t18-/m1/s1. The number of allylic oxidation sites excluding steroid dienone is 1. The van der Waals surface area contributed by atoms with Crippen LogP contribution >= 0.6 is 0 Å². The van der Waals surface area contributed by atoms with Gasteiger partial charge < -0.3 is 4.74 Å². The molecule has 1 spiro atoms. The molecule has 0 amide bonds. The van der Waals surface area contributed by atoms with E-state index in [-0.39, 0.29) is 5.60 Å². The van der Waals surface area contributed by atoms with Crippen LogP contribution in [-0.4, -0.2) is 12.2 Å². The summed E-state index contributed by atoms with van der Waals surface area (Å²) in [6.45, 7) is 0.822. The summed E-state index contributed by atoms with van der Waals surface area (Å²) in [5.74, 6) is 0. The summed E-state index contributed by atoms with van der Waals surface area (Å²) in [7, 11) is 0. The van der Waals surface area contributed by atoms with Gasteiger partial charge in [-0.3, -0.25) is 0 Å². The highest BCUT2D eigenvalue weighted by Crippen LogP contribution is 2.34. The molecule has 1 heterocycles. The first kappa shape index (κ1) is 9.76. The Kier molecular flexibility index (Phi) is 1.57. The number of ether oxygens (including phenoxy) is 1. The molecule has 19 heavy (non-hydrogen) atoms. The fraction of sp³-hybridized carbons (Fsp3) is 0.111. The van der Waals surface area contributed by atoms with Crippen LogP contribution in [0.1, 0.15) is 11.1 Å². The zero-order valence-corrected chi connectivity index (χ0v) is 10.4. The number of benzene rings is 2. The maximum atomic E-state index is 5.52. The molecule has 0 N–H and O–H groups in total. The molecule has 1 saturated heterocycles. The molecule has 0 saturated carbocycles. The lowest BCUT2D eigenvalue weighted by atomic mass is 9.92. The van der Waals surface area contributed by atoms with Crippen molar-refractivity contribution in [1.82, 2.24) is 0 Å². The molecule has 0 bridgehead atoms. The van der Waals surface area contributed by atoms with Crippen LogP contribution in [-0.2, 0) is 4.74 Å². The van der Waals surface area contributed by atoms with Crippen molar-refractivity contribution < 1.29 is 4.74 Å². The van der Waals surface area contributed by atoms with Crippen molar-refractivity contribution in [2.75, 3.05) is 6.61 Å². The second-order valence-corrected chi connectivity index (χ2v) is 5.48. The zero-order chi connectivity index (χ0) is 12.4. The van der Waals surface area contributed by atoms with Crippen LogP contribution in [0.3, 0.4) is 0 Å². The summed E-state index contributed by atoms with van der Waals surface area (Å²) >= 11 is 0. The van der Waals surface area contributed by atoms with Crippen molar-refractivity contribution in [3.8, 4) is 0 Å². The summed E-state index contributed by atoms with van der Waals surface area (Å²) in [5.41, 5.74) is 2.57. The highest BCUT2D eigenvalue weighted by molar-refractivity contribution is 5.99. The topological polar surface area (TPSA) is 12.5 Å². The molecule has 0 aromatic heterocycles. The lowest BCUT2D eigenvalue weighted by Crippen LogP contribution is -2.18. The lowest BCUT2D eigenvalue weighted by molar-refractivity contribution is 0.404. The van der Waals surface area contributed by atoms with Gasteiger partial charge in [0.15, 0.2) is 0 Å². The molecule has 0 unspecified atom stereocenters. The van der Waals surface area contributed by atoms with Gasteiger partial charge in [0, 0.05) is 0 Å². The van der Waals surface area contributed by atoms with Crippen LogP contribution in [0.15, 0.2) is 36.4 Å². The van der Waals surface area contributed by atoms with Gasteiger partial charge in [-0.25, -0.2) is 0 Å². The van der Waals surface area contributed by atoms with E-state index in [0.717, 1.165) is 6.61 Å². The zero-order valence-electron chi connectivity index (χ0n) is 10.4. The number of rotatable bonds is 0. The van der Waals surface area contributed by atoms with E-state index in [9.17, 15) is 0 Å². The van der Waals surface area contributed by atoms with E-state index in [1.807, 2.05) is 0 Å². The van der Waals surface area contributed by atoms with E-state index in [2.05, 4.69) is 60.7 Å². The third kappa shape index (κ3) is 1.23. The molecule has 5 rings (SSSR count). The Labute approximate surface area is 110 Å². The van der Waals surface area contributed by atoms with E-state index >= 15 is 0 Å². The maximum Gasteiger partial charge on any atom is 0.129 e. The predicted molar refractivity (Wildman–Crippen MR) is 78.9 cm³/mol. The van der Waals surface area contributed by atoms with Crippen LogP contribution in [0.25, 0.3) is 35.1 Å². The lowest BCUT2D eigenvalue weighted by Gasteiger charge is -2.12. The first-order chi connectivity index (χ1) is 9.35. The van der Waals surface area contributed by atoms with Crippen molar-refractivity contribution in [1.29, 1.82) is 0 Å². The second-order valence-electron chi connectivity index (χ2n) is 5.48. The van der Waals surface area contributed by atoms with Gasteiger partial charge >= 0.3 is 0 Å². The molecule has 2 aliphatic carbocycles. The Hall–Kier alpha value is -2.12. The van der Waals surface area contributed by atoms with Crippen LogP contribution in [0.5, 0.6) is 0 Å². The minimum Gasteiger partial charge on any atom is -0.361 e. The molecule has 1 heteroatoms. The number of hydrogen-bond acceptors (Lipinski definition) is 1. The van der Waals surface area contributed by atoms with E-state index in [1.54, 1.807) is 0 Å². The van der Waals surface area contributed by atoms with Crippen LogP contribution < -0.4 is 10.4 Å². The Morgan fingerprint density at radius 1 is 0.895 bits per heavy atom.